The van der Waals surface area contributed by atoms with E-state index in [1.165, 1.54) is 36.8 Å². The van der Waals surface area contributed by atoms with Crippen LogP contribution in [0.15, 0.2) is 30.3 Å². The first-order valence-electron chi connectivity index (χ1n) is 11.7. The Bertz CT molecular complexity index is 874. The molecule has 3 rings (SSSR count). The average Bonchev–Trinajstić information content (AvgIpc) is 2.80. The number of hydrogen-bond acceptors (Lipinski definition) is 5. The molecule has 0 aromatic heterocycles. The fraction of sp³-hybridized carbons (Fsp3) is 0.538. The Morgan fingerprint density at radius 3 is 2.62 bits per heavy atom. The first-order valence-corrected chi connectivity index (χ1v) is 12.1. The van der Waals surface area contributed by atoms with Crippen LogP contribution in [-0.2, 0) is 12.8 Å². The van der Waals surface area contributed by atoms with Crippen molar-refractivity contribution < 1.29 is 14.6 Å². The number of phenolic OH excluding ortho intramolecular Hbond substituents is 1. The van der Waals surface area contributed by atoms with E-state index in [0.717, 1.165) is 55.8 Å². The van der Waals surface area contributed by atoms with Gasteiger partial charge in [-0.3, -0.25) is 0 Å². The topological polar surface area (TPSA) is 76.7 Å². The monoisotopic (exact) mass is 460 g/mol. The molecular weight excluding hydrogens is 424 g/mol. The fourth-order valence-electron chi connectivity index (χ4n) is 4.76. The summed E-state index contributed by atoms with van der Waals surface area (Å²) in [7, 11) is 3.41. The van der Waals surface area contributed by atoms with Gasteiger partial charge in [-0.05, 0) is 80.4 Å². The maximum absolute atomic E-state index is 9.48. The quantitative estimate of drug-likeness (QED) is 0.379. The van der Waals surface area contributed by atoms with Crippen molar-refractivity contribution in [2.24, 2.45) is 5.73 Å². The highest BCUT2D eigenvalue weighted by molar-refractivity contribution is 6.32. The van der Waals surface area contributed by atoms with Crippen molar-refractivity contribution in [3.8, 4) is 17.2 Å². The van der Waals surface area contributed by atoms with Gasteiger partial charge in [0, 0.05) is 11.6 Å². The summed E-state index contributed by atoms with van der Waals surface area (Å²) in [5.41, 5.74) is 10.3. The van der Waals surface area contributed by atoms with Crippen LogP contribution in [0.25, 0.3) is 0 Å². The van der Waals surface area contributed by atoms with Gasteiger partial charge in [0.15, 0.2) is 11.5 Å². The Morgan fingerprint density at radius 1 is 1.06 bits per heavy atom. The predicted molar refractivity (Wildman–Crippen MR) is 131 cm³/mol. The van der Waals surface area contributed by atoms with Crippen molar-refractivity contribution in [3.63, 3.8) is 0 Å². The molecule has 32 heavy (non-hydrogen) atoms. The number of hydrogen-bond donors (Lipinski definition) is 3. The standard InChI is InChI=1S/C26H37ClN2O3/c1-31-25-13-10-19-20(23(28)11-9-21(19)26(25)32-2)7-5-3-4-6-15-29-16-14-18-8-12-24(30)22(27)17-18/h8,10,12-13,17,20,23,29-30H,3-7,9,11,14-16,28H2,1-2H3. The van der Waals surface area contributed by atoms with Crippen molar-refractivity contribution in [1.82, 2.24) is 5.32 Å². The number of nitrogens with one attached hydrogen (secondary N) is 1. The maximum atomic E-state index is 9.48. The van der Waals surface area contributed by atoms with Gasteiger partial charge in [-0.25, -0.2) is 0 Å². The molecule has 0 spiro atoms. The summed E-state index contributed by atoms with van der Waals surface area (Å²) in [6, 6.07) is 9.82. The molecule has 2 unspecified atom stereocenters. The average molecular weight is 461 g/mol. The lowest BCUT2D eigenvalue weighted by Crippen LogP contribution is -2.33. The van der Waals surface area contributed by atoms with Crippen LogP contribution in [0.5, 0.6) is 17.2 Å². The van der Waals surface area contributed by atoms with Crippen LogP contribution in [0.4, 0.5) is 0 Å². The van der Waals surface area contributed by atoms with Crippen LogP contribution in [0, 0.1) is 0 Å². The molecule has 2 aromatic carbocycles. The Balaban J connectivity index is 1.36. The molecule has 0 saturated carbocycles. The Labute approximate surface area is 197 Å². The third-order valence-electron chi connectivity index (χ3n) is 6.55. The number of unbranched alkanes of at least 4 members (excludes halogenated alkanes) is 3. The summed E-state index contributed by atoms with van der Waals surface area (Å²) < 4.78 is 11.1. The van der Waals surface area contributed by atoms with Crippen LogP contribution >= 0.6 is 11.6 Å². The van der Waals surface area contributed by atoms with E-state index in [-0.39, 0.29) is 11.8 Å². The lowest BCUT2D eigenvalue weighted by Gasteiger charge is -2.32. The fourth-order valence-corrected chi connectivity index (χ4v) is 4.96. The van der Waals surface area contributed by atoms with Crippen LogP contribution < -0.4 is 20.5 Å². The van der Waals surface area contributed by atoms with Crippen LogP contribution in [-0.4, -0.2) is 38.5 Å². The number of aromatic hydroxyl groups is 1. The molecule has 0 aliphatic heterocycles. The molecular formula is C26H37ClN2O3. The highest BCUT2D eigenvalue weighted by Crippen LogP contribution is 2.43. The summed E-state index contributed by atoms with van der Waals surface area (Å²) in [4.78, 5) is 0. The maximum Gasteiger partial charge on any atom is 0.164 e. The smallest absolute Gasteiger partial charge is 0.164 e. The number of rotatable bonds is 12. The highest BCUT2D eigenvalue weighted by Gasteiger charge is 2.29. The minimum atomic E-state index is 0.139. The van der Waals surface area contributed by atoms with Crippen molar-refractivity contribution in [2.75, 3.05) is 27.3 Å². The highest BCUT2D eigenvalue weighted by atomic mass is 35.5. The first-order chi connectivity index (χ1) is 15.5. The summed E-state index contributed by atoms with van der Waals surface area (Å²) in [5, 5.41) is 13.4. The van der Waals surface area contributed by atoms with E-state index in [9.17, 15) is 5.11 Å². The second-order valence-electron chi connectivity index (χ2n) is 8.67. The number of nitrogens with two attached hydrogens (primary N) is 1. The zero-order chi connectivity index (χ0) is 22.9. The Morgan fingerprint density at radius 2 is 1.88 bits per heavy atom. The molecule has 0 fully saturated rings. The van der Waals surface area contributed by atoms with Crippen molar-refractivity contribution in [1.29, 1.82) is 0 Å². The summed E-state index contributed by atoms with van der Waals surface area (Å²) in [6.45, 7) is 1.94. The van der Waals surface area contributed by atoms with Crippen LogP contribution in [0.3, 0.4) is 0 Å². The van der Waals surface area contributed by atoms with E-state index in [1.54, 1.807) is 20.3 Å². The summed E-state index contributed by atoms with van der Waals surface area (Å²) in [5.74, 6) is 2.22. The van der Waals surface area contributed by atoms with E-state index in [1.807, 2.05) is 18.2 Å². The Hall–Kier alpha value is -1.95. The molecule has 2 atom stereocenters. The van der Waals surface area contributed by atoms with Crippen molar-refractivity contribution >= 4 is 11.6 Å². The van der Waals surface area contributed by atoms with Crippen molar-refractivity contribution in [3.05, 3.63) is 52.0 Å². The van der Waals surface area contributed by atoms with E-state index >= 15 is 0 Å². The number of fused-ring (bicyclic) bond motifs is 1. The van der Waals surface area contributed by atoms with Gasteiger partial charge >= 0.3 is 0 Å². The number of halogens is 1. The minimum Gasteiger partial charge on any atom is -0.506 e. The normalized spacial score (nSPS) is 17.8. The molecule has 0 saturated heterocycles. The molecule has 0 amide bonds. The Kier molecular flexibility index (Phi) is 9.51. The van der Waals surface area contributed by atoms with Crippen LogP contribution in [0.2, 0.25) is 5.02 Å². The van der Waals surface area contributed by atoms with Gasteiger partial charge < -0.3 is 25.6 Å². The largest absolute Gasteiger partial charge is 0.506 e. The number of ether oxygens (including phenoxy) is 2. The second-order valence-corrected chi connectivity index (χ2v) is 9.07. The molecule has 4 N–H and O–H groups in total. The predicted octanol–water partition coefficient (Wildman–Crippen LogP) is 5.20. The SMILES string of the molecule is COc1ccc2c(c1OC)CCC(N)C2CCCCCCNCCc1ccc(O)c(Cl)c1. The van der Waals surface area contributed by atoms with Gasteiger partial charge in [0.2, 0.25) is 0 Å². The minimum absolute atomic E-state index is 0.139. The van der Waals surface area contributed by atoms with E-state index < -0.39 is 0 Å². The van der Waals surface area contributed by atoms with Gasteiger partial charge in [0.05, 0.1) is 19.2 Å². The number of methoxy groups -OCH3 is 2. The molecule has 176 valence electrons. The zero-order valence-electron chi connectivity index (χ0n) is 19.3. The van der Waals surface area contributed by atoms with Gasteiger partial charge in [0.1, 0.15) is 5.75 Å². The number of phenols is 1. The van der Waals surface area contributed by atoms with E-state index in [0.29, 0.717) is 10.9 Å². The first kappa shape index (κ1) is 24.7. The summed E-state index contributed by atoms with van der Waals surface area (Å²) in [6.07, 6.45) is 8.80. The van der Waals surface area contributed by atoms with Gasteiger partial charge in [-0.2, -0.15) is 0 Å². The molecule has 1 aliphatic carbocycles. The third-order valence-corrected chi connectivity index (χ3v) is 6.85. The second kappa shape index (κ2) is 12.3. The molecule has 0 bridgehead atoms. The van der Waals surface area contributed by atoms with Crippen molar-refractivity contribution in [2.45, 2.75) is 63.3 Å². The van der Waals surface area contributed by atoms with Gasteiger partial charge in [0.25, 0.3) is 0 Å². The lowest BCUT2D eigenvalue weighted by atomic mass is 9.76. The number of benzene rings is 2. The zero-order valence-corrected chi connectivity index (χ0v) is 20.1. The summed E-state index contributed by atoms with van der Waals surface area (Å²) >= 11 is 5.96. The molecule has 6 heteroatoms. The molecule has 1 aliphatic rings. The molecule has 0 heterocycles. The molecule has 0 radical (unpaired) electrons. The third kappa shape index (κ3) is 6.31. The van der Waals surface area contributed by atoms with Gasteiger partial charge in [-0.15, -0.1) is 0 Å². The van der Waals surface area contributed by atoms with Crippen LogP contribution in [0.1, 0.15) is 61.1 Å². The van der Waals surface area contributed by atoms with Gasteiger partial charge in [-0.1, -0.05) is 43.0 Å². The molecule has 2 aromatic rings. The molecule has 5 nitrogen and oxygen atoms in total. The lowest BCUT2D eigenvalue weighted by molar-refractivity contribution is 0.343. The van der Waals surface area contributed by atoms with E-state index in [4.69, 9.17) is 26.8 Å². The van der Waals surface area contributed by atoms with E-state index in [2.05, 4.69) is 11.4 Å².